The number of thiazole rings is 1. The molecule has 0 amide bonds. The van der Waals surface area contributed by atoms with E-state index in [4.69, 9.17) is 0 Å². The number of fused-ring (bicyclic) bond motifs is 1. The molecule has 0 aliphatic carbocycles. The van der Waals surface area contributed by atoms with Gasteiger partial charge in [-0.1, -0.05) is 6.07 Å². The number of hydrogen-bond acceptors (Lipinski definition) is 4. The molecule has 4 rings (SSSR count). The lowest BCUT2D eigenvalue weighted by Crippen LogP contribution is -2.24. The predicted octanol–water partition coefficient (Wildman–Crippen LogP) is 5.24. The molecule has 0 radical (unpaired) electrons. The topological polar surface area (TPSA) is 29.0 Å². The zero-order chi connectivity index (χ0) is 18.3. The summed E-state index contributed by atoms with van der Waals surface area (Å²) in [5, 5.41) is 1.15. The highest BCUT2D eigenvalue weighted by molar-refractivity contribution is 7.18. The number of benzene rings is 1. The molecule has 1 aliphatic heterocycles. The van der Waals surface area contributed by atoms with E-state index in [-0.39, 0.29) is 0 Å². The third kappa shape index (κ3) is 3.67. The average Bonchev–Trinajstić information content (AvgIpc) is 3.17. The summed E-state index contributed by atoms with van der Waals surface area (Å²) in [7, 11) is 0. The fourth-order valence-corrected chi connectivity index (χ4v) is 5.16. The molecular weight excluding hydrogens is 338 g/mol. The summed E-state index contributed by atoms with van der Waals surface area (Å²) in [6, 6.07) is 11.7. The molecule has 0 N–H and O–H groups in total. The van der Waals surface area contributed by atoms with Crippen molar-refractivity contribution in [3.8, 4) is 0 Å². The Hall–Kier alpha value is -1.78. The number of pyridine rings is 1. The zero-order valence-electron chi connectivity index (χ0n) is 16.1. The van der Waals surface area contributed by atoms with Gasteiger partial charge >= 0.3 is 0 Å². The van der Waals surface area contributed by atoms with Crippen molar-refractivity contribution in [2.75, 3.05) is 13.1 Å². The van der Waals surface area contributed by atoms with E-state index in [0.717, 1.165) is 27.8 Å². The third-order valence-electron chi connectivity index (χ3n) is 5.53. The standard InChI is InChI=1S/C22H27N3S/c1-14-9-19(10-15(2)23-14)11-18-7-8-25(13-18)16(3)20-5-6-21-22(12-20)26-17(4)24-21/h5-6,9-10,12,16,18H,7-8,11,13H2,1-4H3/t16-,18-/m1/s1. The van der Waals surface area contributed by atoms with Crippen LogP contribution in [0, 0.1) is 26.7 Å². The molecule has 3 aromatic rings. The Morgan fingerprint density at radius 2 is 1.88 bits per heavy atom. The molecule has 3 heterocycles. The fourth-order valence-electron chi connectivity index (χ4n) is 4.28. The summed E-state index contributed by atoms with van der Waals surface area (Å²) in [5.41, 5.74) is 6.26. The molecule has 2 aromatic heterocycles. The lowest BCUT2D eigenvalue weighted by atomic mass is 9.98. The van der Waals surface area contributed by atoms with Crippen LogP contribution in [0.15, 0.2) is 30.3 Å². The molecule has 136 valence electrons. The maximum atomic E-state index is 4.58. The highest BCUT2D eigenvalue weighted by Crippen LogP contribution is 2.32. The molecule has 0 unspecified atom stereocenters. The summed E-state index contributed by atoms with van der Waals surface area (Å²) in [6.45, 7) is 11.0. The minimum Gasteiger partial charge on any atom is -0.296 e. The highest BCUT2D eigenvalue weighted by atomic mass is 32.1. The van der Waals surface area contributed by atoms with E-state index in [1.54, 1.807) is 11.3 Å². The van der Waals surface area contributed by atoms with Crippen molar-refractivity contribution in [1.29, 1.82) is 0 Å². The summed E-state index contributed by atoms with van der Waals surface area (Å²) in [5.74, 6) is 0.744. The summed E-state index contributed by atoms with van der Waals surface area (Å²) < 4.78 is 1.31. The molecule has 1 aliphatic rings. The molecule has 1 saturated heterocycles. The van der Waals surface area contributed by atoms with Crippen molar-refractivity contribution in [3.63, 3.8) is 0 Å². The largest absolute Gasteiger partial charge is 0.296 e. The molecule has 1 fully saturated rings. The van der Waals surface area contributed by atoms with Crippen LogP contribution in [0.2, 0.25) is 0 Å². The third-order valence-corrected chi connectivity index (χ3v) is 6.47. The Balaban J connectivity index is 1.45. The quantitative estimate of drug-likeness (QED) is 0.633. The Bertz CT molecular complexity index is 910. The molecule has 26 heavy (non-hydrogen) atoms. The van der Waals surface area contributed by atoms with Gasteiger partial charge in [0.2, 0.25) is 0 Å². The summed E-state index contributed by atoms with van der Waals surface area (Å²) in [4.78, 5) is 11.7. The zero-order valence-corrected chi connectivity index (χ0v) is 16.9. The smallest absolute Gasteiger partial charge is 0.0907 e. The van der Waals surface area contributed by atoms with E-state index in [2.05, 4.69) is 72.9 Å². The van der Waals surface area contributed by atoms with Gasteiger partial charge in [-0.2, -0.15) is 0 Å². The highest BCUT2D eigenvalue weighted by Gasteiger charge is 2.27. The fraction of sp³-hybridized carbons (Fsp3) is 0.455. The molecule has 0 spiro atoms. The number of nitrogens with zero attached hydrogens (tertiary/aromatic N) is 3. The van der Waals surface area contributed by atoms with E-state index in [0.29, 0.717) is 6.04 Å². The maximum Gasteiger partial charge on any atom is 0.0907 e. The Kier molecular flexibility index (Phi) is 4.80. The van der Waals surface area contributed by atoms with Crippen LogP contribution in [-0.2, 0) is 6.42 Å². The van der Waals surface area contributed by atoms with Crippen molar-refractivity contribution in [2.24, 2.45) is 5.92 Å². The van der Waals surface area contributed by atoms with Crippen LogP contribution >= 0.6 is 11.3 Å². The van der Waals surface area contributed by atoms with Crippen LogP contribution < -0.4 is 0 Å². The van der Waals surface area contributed by atoms with Gasteiger partial charge in [-0.3, -0.25) is 9.88 Å². The minimum absolute atomic E-state index is 0.465. The van der Waals surface area contributed by atoms with Crippen LogP contribution in [0.25, 0.3) is 10.2 Å². The Labute approximate surface area is 160 Å². The molecule has 0 saturated carbocycles. The second-order valence-corrected chi connectivity index (χ2v) is 8.98. The van der Waals surface area contributed by atoms with Crippen molar-refractivity contribution in [3.05, 3.63) is 57.9 Å². The van der Waals surface area contributed by atoms with Crippen LogP contribution in [0.3, 0.4) is 0 Å². The maximum absolute atomic E-state index is 4.58. The number of likely N-dealkylation sites (tertiary alicyclic amines) is 1. The molecule has 1 aromatic carbocycles. The molecule has 4 heteroatoms. The number of aryl methyl sites for hydroxylation is 3. The Morgan fingerprint density at radius 3 is 2.65 bits per heavy atom. The molecule has 2 atom stereocenters. The van der Waals surface area contributed by atoms with Gasteiger partial charge in [0.25, 0.3) is 0 Å². The van der Waals surface area contributed by atoms with Crippen LogP contribution in [0.1, 0.15) is 46.9 Å². The van der Waals surface area contributed by atoms with Crippen molar-refractivity contribution in [2.45, 2.75) is 46.6 Å². The SMILES string of the molecule is Cc1cc(C[C@H]2CCN([C@H](C)c3ccc4nc(C)sc4c3)C2)cc(C)n1. The first-order valence-electron chi connectivity index (χ1n) is 9.53. The van der Waals surface area contributed by atoms with Gasteiger partial charge < -0.3 is 0 Å². The van der Waals surface area contributed by atoms with E-state index < -0.39 is 0 Å². The first kappa shape index (κ1) is 17.6. The van der Waals surface area contributed by atoms with E-state index >= 15 is 0 Å². The summed E-state index contributed by atoms with van der Waals surface area (Å²) >= 11 is 1.80. The molecule has 0 bridgehead atoms. The van der Waals surface area contributed by atoms with E-state index in [1.165, 1.54) is 41.8 Å². The van der Waals surface area contributed by atoms with Crippen molar-refractivity contribution >= 4 is 21.6 Å². The summed E-state index contributed by atoms with van der Waals surface area (Å²) in [6.07, 6.45) is 2.45. The average molecular weight is 366 g/mol. The second kappa shape index (κ2) is 7.09. The van der Waals surface area contributed by atoms with Gasteiger partial charge in [0.05, 0.1) is 15.2 Å². The van der Waals surface area contributed by atoms with Crippen molar-refractivity contribution in [1.82, 2.24) is 14.9 Å². The van der Waals surface area contributed by atoms with Gasteiger partial charge in [-0.05, 0) is 88.4 Å². The number of rotatable bonds is 4. The van der Waals surface area contributed by atoms with Gasteiger partial charge in [0.1, 0.15) is 0 Å². The molecule has 3 nitrogen and oxygen atoms in total. The van der Waals surface area contributed by atoms with Gasteiger partial charge in [0.15, 0.2) is 0 Å². The van der Waals surface area contributed by atoms with Crippen LogP contribution in [-0.4, -0.2) is 28.0 Å². The van der Waals surface area contributed by atoms with Crippen LogP contribution in [0.5, 0.6) is 0 Å². The minimum atomic E-state index is 0.465. The first-order chi connectivity index (χ1) is 12.5. The lowest BCUT2D eigenvalue weighted by molar-refractivity contribution is 0.252. The second-order valence-electron chi connectivity index (χ2n) is 7.75. The predicted molar refractivity (Wildman–Crippen MR) is 110 cm³/mol. The number of aromatic nitrogens is 2. The first-order valence-corrected chi connectivity index (χ1v) is 10.3. The van der Waals surface area contributed by atoms with Crippen molar-refractivity contribution < 1.29 is 0 Å². The normalized spacial score (nSPS) is 19.3. The van der Waals surface area contributed by atoms with Gasteiger partial charge in [-0.25, -0.2) is 4.98 Å². The number of hydrogen-bond donors (Lipinski definition) is 0. The van der Waals surface area contributed by atoms with Gasteiger partial charge in [-0.15, -0.1) is 11.3 Å². The molecular formula is C22H27N3S. The van der Waals surface area contributed by atoms with E-state index in [1.807, 2.05) is 0 Å². The lowest BCUT2D eigenvalue weighted by Gasteiger charge is -2.25. The van der Waals surface area contributed by atoms with E-state index in [9.17, 15) is 0 Å². The van der Waals surface area contributed by atoms with Crippen LogP contribution in [0.4, 0.5) is 0 Å². The monoisotopic (exact) mass is 365 g/mol. The van der Waals surface area contributed by atoms with Gasteiger partial charge in [0, 0.05) is 24.0 Å². The Morgan fingerprint density at radius 1 is 1.12 bits per heavy atom.